The molecule has 2 aromatic rings. The molecule has 2 atom stereocenters. The van der Waals surface area contributed by atoms with E-state index in [0.29, 0.717) is 11.2 Å². The molecule has 0 radical (unpaired) electrons. The number of hydrogen-bond acceptors (Lipinski definition) is 2. The number of hydrogen-bond donors (Lipinski definition) is 0. The minimum Gasteiger partial charge on any atom is -0.372 e. The van der Waals surface area contributed by atoms with Crippen molar-refractivity contribution in [3.05, 3.63) is 65.7 Å². The van der Waals surface area contributed by atoms with Gasteiger partial charge in [-0.1, -0.05) is 62.4 Å². The van der Waals surface area contributed by atoms with Crippen LogP contribution in [-0.4, -0.2) is 11.9 Å². The molecule has 116 valence electrons. The maximum atomic E-state index is 6.13. The standard InChI is InChI=1S/C20H24OS/c1-15(2)17-11-6-7-12-18(17)22-19-13-8-14-21-20(19)16-9-4-3-5-10-16/h3-7,9-12,15,19-20H,8,13-14H2,1-2H3/t19-,20+/m0/s1. The highest BCUT2D eigenvalue weighted by Gasteiger charge is 2.28. The van der Waals surface area contributed by atoms with Crippen molar-refractivity contribution in [1.82, 2.24) is 0 Å². The molecule has 0 bridgehead atoms. The average Bonchev–Trinajstić information content (AvgIpc) is 2.56. The highest BCUT2D eigenvalue weighted by molar-refractivity contribution is 8.00. The van der Waals surface area contributed by atoms with Gasteiger partial charge in [-0.05, 0) is 36.0 Å². The smallest absolute Gasteiger partial charge is 0.0946 e. The lowest BCUT2D eigenvalue weighted by Gasteiger charge is -2.32. The quantitative estimate of drug-likeness (QED) is 0.703. The van der Waals surface area contributed by atoms with Crippen LogP contribution in [0.1, 0.15) is 49.8 Å². The van der Waals surface area contributed by atoms with Crippen LogP contribution in [0.15, 0.2) is 59.5 Å². The molecular weight excluding hydrogens is 288 g/mol. The van der Waals surface area contributed by atoms with Gasteiger partial charge in [0.05, 0.1) is 6.10 Å². The van der Waals surface area contributed by atoms with E-state index in [0.717, 1.165) is 13.0 Å². The Bertz CT molecular complexity index is 594. The lowest BCUT2D eigenvalue weighted by molar-refractivity contribution is 0.0202. The fraction of sp³-hybridized carbons (Fsp3) is 0.400. The van der Waals surface area contributed by atoms with Gasteiger partial charge in [0, 0.05) is 16.8 Å². The number of benzene rings is 2. The van der Waals surface area contributed by atoms with Crippen molar-refractivity contribution < 1.29 is 4.74 Å². The van der Waals surface area contributed by atoms with Crippen LogP contribution >= 0.6 is 11.8 Å². The van der Waals surface area contributed by atoms with E-state index in [1.165, 1.54) is 22.4 Å². The molecule has 1 nitrogen and oxygen atoms in total. The van der Waals surface area contributed by atoms with Crippen LogP contribution in [0.2, 0.25) is 0 Å². The number of rotatable bonds is 4. The molecule has 2 aromatic carbocycles. The van der Waals surface area contributed by atoms with Gasteiger partial charge in [0.15, 0.2) is 0 Å². The molecule has 0 aromatic heterocycles. The number of thioether (sulfide) groups is 1. The molecule has 0 spiro atoms. The summed E-state index contributed by atoms with van der Waals surface area (Å²) in [4.78, 5) is 1.41. The molecule has 3 rings (SSSR count). The Hall–Kier alpha value is -1.25. The van der Waals surface area contributed by atoms with Crippen LogP contribution in [0.25, 0.3) is 0 Å². The topological polar surface area (TPSA) is 9.23 Å². The zero-order chi connectivity index (χ0) is 15.4. The molecular formula is C20H24OS. The van der Waals surface area contributed by atoms with E-state index >= 15 is 0 Å². The van der Waals surface area contributed by atoms with Crippen molar-refractivity contribution in [2.45, 2.75) is 48.9 Å². The maximum Gasteiger partial charge on any atom is 0.0946 e. The molecule has 0 unspecified atom stereocenters. The number of ether oxygens (including phenoxy) is 1. The van der Waals surface area contributed by atoms with Crippen molar-refractivity contribution in [2.24, 2.45) is 0 Å². The van der Waals surface area contributed by atoms with Crippen molar-refractivity contribution >= 4 is 11.8 Å². The first-order valence-corrected chi connectivity index (χ1v) is 9.06. The van der Waals surface area contributed by atoms with Crippen LogP contribution in [0.5, 0.6) is 0 Å². The summed E-state index contributed by atoms with van der Waals surface area (Å²) in [5, 5.41) is 0.496. The van der Waals surface area contributed by atoms with Crippen molar-refractivity contribution in [1.29, 1.82) is 0 Å². The van der Waals surface area contributed by atoms with Gasteiger partial charge < -0.3 is 4.74 Å². The highest BCUT2D eigenvalue weighted by Crippen LogP contribution is 2.42. The molecule has 1 aliphatic rings. The summed E-state index contributed by atoms with van der Waals surface area (Å²) in [7, 11) is 0. The molecule has 0 amide bonds. The lowest BCUT2D eigenvalue weighted by Crippen LogP contribution is -2.24. The van der Waals surface area contributed by atoms with Gasteiger partial charge in [-0.25, -0.2) is 0 Å². The Morgan fingerprint density at radius 2 is 1.73 bits per heavy atom. The first-order valence-electron chi connectivity index (χ1n) is 8.18. The van der Waals surface area contributed by atoms with Crippen LogP contribution < -0.4 is 0 Å². The largest absolute Gasteiger partial charge is 0.372 e. The molecule has 2 heteroatoms. The van der Waals surface area contributed by atoms with Crippen LogP contribution in [-0.2, 0) is 4.74 Å². The minimum atomic E-state index is 0.208. The van der Waals surface area contributed by atoms with Crippen LogP contribution in [0.3, 0.4) is 0 Å². The van der Waals surface area contributed by atoms with Crippen molar-refractivity contribution in [3.63, 3.8) is 0 Å². The second-order valence-electron chi connectivity index (χ2n) is 6.19. The van der Waals surface area contributed by atoms with E-state index in [1.54, 1.807) is 0 Å². The lowest BCUT2D eigenvalue weighted by atomic mass is 10.0. The van der Waals surface area contributed by atoms with E-state index in [2.05, 4.69) is 68.4 Å². The highest BCUT2D eigenvalue weighted by atomic mass is 32.2. The molecule has 1 aliphatic heterocycles. The van der Waals surface area contributed by atoms with Gasteiger partial charge in [-0.2, -0.15) is 0 Å². The summed E-state index contributed by atoms with van der Waals surface area (Å²) in [6.07, 6.45) is 2.58. The van der Waals surface area contributed by atoms with E-state index in [1.807, 2.05) is 11.8 Å². The summed E-state index contributed by atoms with van der Waals surface area (Å²) in [6, 6.07) is 19.5. The SMILES string of the molecule is CC(C)c1ccccc1S[C@H]1CCCO[C@@H]1c1ccccc1. The molecule has 1 fully saturated rings. The van der Waals surface area contributed by atoms with Gasteiger partial charge in [-0.15, -0.1) is 11.8 Å². The minimum absolute atomic E-state index is 0.208. The zero-order valence-electron chi connectivity index (χ0n) is 13.4. The molecule has 0 saturated carbocycles. The molecule has 1 heterocycles. The second-order valence-corrected chi connectivity index (χ2v) is 7.47. The third-order valence-electron chi connectivity index (χ3n) is 4.22. The predicted octanol–water partition coefficient (Wildman–Crippen LogP) is 5.82. The van der Waals surface area contributed by atoms with Gasteiger partial charge in [0.1, 0.15) is 0 Å². The zero-order valence-corrected chi connectivity index (χ0v) is 14.2. The fourth-order valence-electron chi connectivity index (χ4n) is 3.06. The summed E-state index contributed by atoms with van der Waals surface area (Å²) >= 11 is 2.00. The van der Waals surface area contributed by atoms with Crippen LogP contribution in [0, 0.1) is 0 Å². The summed E-state index contributed by atoms with van der Waals surface area (Å²) < 4.78 is 6.13. The Morgan fingerprint density at radius 1 is 1.00 bits per heavy atom. The third kappa shape index (κ3) is 3.56. The molecule has 0 N–H and O–H groups in total. The fourth-order valence-corrected chi connectivity index (χ4v) is 4.62. The Kier molecular flexibility index (Phi) is 5.22. The Labute approximate surface area is 138 Å². The van der Waals surface area contributed by atoms with Gasteiger partial charge in [-0.3, -0.25) is 0 Å². The molecule has 0 aliphatic carbocycles. The normalized spacial score (nSPS) is 22.0. The molecule has 1 saturated heterocycles. The predicted molar refractivity (Wildman–Crippen MR) is 94.5 cm³/mol. The van der Waals surface area contributed by atoms with Crippen molar-refractivity contribution in [2.75, 3.05) is 6.61 Å². The van der Waals surface area contributed by atoms with Crippen molar-refractivity contribution in [3.8, 4) is 0 Å². The monoisotopic (exact) mass is 312 g/mol. The van der Waals surface area contributed by atoms with E-state index < -0.39 is 0 Å². The first-order chi connectivity index (χ1) is 10.8. The third-order valence-corrected chi connectivity index (χ3v) is 5.63. The second kappa shape index (κ2) is 7.34. The Morgan fingerprint density at radius 3 is 2.50 bits per heavy atom. The average molecular weight is 312 g/mol. The summed E-state index contributed by atoms with van der Waals surface area (Å²) in [5.74, 6) is 0.559. The first kappa shape index (κ1) is 15.6. The van der Waals surface area contributed by atoms with Crippen LogP contribution in [0.4, 0.5) is 0 Å². The maximum absolute atomic E-state index is 6.13. The van der Waals surface area contributed by atoms with E-state index in [-0.39, 0.29) is 6.10 Å². The van der Waals surface area contributed by atoms with Gasteiger partial charge in [0.25, 0.3) is 0 Å². The van der Waals surface area contributed by atoms with Gasteiger partial charge >= 0.3 is 0 Å². The molecule has 22 heavy (non-hydrogen) atoms. The Balaban J connectivity index is 1.83. The van der Waals surface area contributed by atoms with E-state index in [4.69, 9.17) is 4.74 Å². The van der Waals surface area contributed by atoms with Gasteiger partial charge in [0.2, 0.25) is 0 Å². The summed E-state index contributed by atoms with van der Waals surface area (Å²) in [6.45, 7) is 5.42. The van der Waals surface area contributed by atoms with E-state index in [9.17, 15) is 0 Å². The summed E-state index contributed by atoms with van der Waals surface area (Å²) in [5.41, 5.74) is 2.76.